The van der Waals surface area contributed by atoms with E-state index in [4.69, 9.17) is 27.2 Å². The molecule has 0 aliphatic carbocycles. The lowest BCUT2D eigenvalue weighted by molar-refractivity contribution is 0.210. The summed E-state index contributed by atoms with van der Waals surface area (Å²) in [4.78, 5) is 0. The van der Waals surface area contributed by atoms with E-state index in [1.807, 2.05) is 0 Å². The predicted octanol–water partition coefficient (Wildman–Crippen LogP) is 1.51. The van der Waals surface area contributed by atoms with E-state index in [0.29, 0.717) is 10.8 Å². The number of aliphatic hydroxyl groups is 1. The fourth-order valence-corrected chi connectivity index (χ4v) is 1.37. The molecule has 0 saturated heterocycles. The van der Waals surface area contributed by atoms with Crippen LogP contribution in [0.25, 0.3) is 0 Å². The maximum Gasteiger partial charge on any atom is 0.137 e. The molecular formula is C10H14ClNO2. The summed E-state index contributed by atoms with van der Waals surface area (Å²) in [5, 5.41) is 9.56. The molecule has 1 atom stereocenters. The van der Waals surface area contributed by atoms with Crippen LogP contribution in [0.4, 0.5) is 0 Å². The summed E-state index contributed by atoms with van der Waals surface area (Å²) in [7, 11) is 1.55. The van der Waals surface area contributed by atoms with Crippen LogP contribution < -0.4 is 10.5 Å². The third-order valence-electron chi connectivity index (χ3n) is 2.14. The zero-order valence-corrected chi connectivity index (χ0v) is 9.01. The van der Waals surface area contributed by atoms with Gasteiger partial charge in [0.2, 0.25) is 0 Å². The van der Waals surface area contributed by atoms with Gasteiger partial charge in [-0.2, -0.15) is 0 Å². The fraction of sp³-hybridized carbons (Fsp3) is 0.400. The molecule has 0 aromatic heterocycles. The van der Waals surface area contributed by atoms with Gasteiger partial charge < -0.3 is 15.6 Å². The molecule has 0 aliphatic heterocycles. The van der Waals surface area contributed by atoms with Gasteiger partial charge in [0.15, 0.2) is 0 Å². The van der Waals surface area contributed by atoms with Gasteiger partial charge in [0.1, 0.15) is 5.75 Å². The molecule has 0 amide bonds. The maximum atomic E-state index is 9.07. The van der Waals surface area contributed by atoms with Crippen molar-refractivity contribution in [2.45, 2.75) is 12.5 Å². The molecule has 0 heterocycles. The van der Waals surface area contributed by atoms with Crippen molar-refractivity contribution in [1.82, 2.24) is 0 Å². The Morgan fingerprint density at radius 2 is 2.21 bits per heavy atom. The molecule has 14 heavy (non-hydrogen) atoms. The first-order valence-corrected chi connectivity index (χ1v) is 4.63. The molecule has 1 aromatic rings. The SMILES string of the molecule is COc1ccc([C@@](C)(N)CO)cc1Cl. The molecule has 0 bridgehead atoms. The molecule has 0 aliphatic rings. The van der Waals surface area contributed by atoms with Gasteiger partial charge in [-0.25, -0.2) is 0 Å². The number of ether oxygens (including phenoxy) is 1. The Morgan fingerprint density at radius 1 is 1.57 bits per heavy atom. The lowest BCUT2D eigenvalue weighted by atomic mass is 9.94. The van der Waals surface area contributed by atoms with Crippen LogP contribution in [0.5, 0.6) is 5.75 Å². The first kappa shape index (κ1) is 11.3. The molecule has 3 nitrogen and oxygen atoms in total. The zero-order chi connectivity index (χ0) is 10.8. The summed E-state index contributed by atoms with van der Waals surface area (Å²) < 4.78 is 5.01. The summed E-state index contributed by atoms with van der Waals surface area (Å²) in [5.74, 6) is 0.601. The van der Waals surface area contributed by atoms with Gasteiger partial charge in [0, 0.05) is 0 Å². The van der Waals surface area contributed by atoms with Gasteiger partial charge >= 0.3 is 0 Å². The number of rotatable bonds is 3. The van der Waals surface area contributed by atoms with Crippen LogP contribution >= 0.6 is 11.6 Å². The third-order valence-corrected chi connectivity index (χ3v) is 2.44. The highest BCUT2D eigenvalue weighted by Crippen LogP contribution is 2.28. The summed E-state index contributed by atoms with van der Waals surface area (Å²) in [6.45, 7) is 1.61. The Hall–Kier alpha value is -0.770. The molecule has 0 radical (unpaired) electrons. The highest BCUT2D eigenvalue weighted by Gasteiger charge is 2.20. The van der Waals surface area contributed by atoms with E-state index in [-0.39, 0.29) is 6.61 Å². The average Bonchev–Trinajstić information content (AvgIpc) is 2.17. The molecule has 4 heteroatoms. The Morgan fingerprint density at radius 3 is 2.64 bits per heavy atom. The van der Waals surface area contributed by atoms with Crippen molar-refractivity contribution in [3.8, 4) is 5.75 Å². The van der Waals surface area contributed by atoms with Crippen molar-refractivity contribution in [3.63, 3.8) is 0 Å². The van der Waals surface area contributed by atoms with Crippen molar-refractivity contribution in [2.75, 3.05) is 13.7 Å². The first-order valence-electron chi connectivity index (χ1n) is 4.25. The van der Waals surface area contributed by atoms with E-state index in [2.05, 4.69) is 0 Å². The number of nitrogens with two attached hydrogens (primary N) is 1. The lowest BCUT2D eigenvalue weighted by Gasteiger charge is -2.22. The van der Waals surface area contributed by atoms with Crippen molar-refractivity contribution in [3.05, 3.63) is 28.8 Å². The normalized spacial score (nSPS) is 14.9. The number of hydrogen-bond acceptors (Lipinski definition) is 3. The van der Waals surface area contributed by atoms with Gasteiger partial charge in [-0.1, -0.05) is 17.7 Å². The minimum absolute atomic E-state index is 0.129. The first-order chi connectivity index (χ1) is 6.51. The monoisotopic (exact) mass is 215 g/mol. The van der Waals surface area contributed by atoms with Crippen molar-refractivity contribution < 1.29 is 9.84 Å². The largest absolute Gasteiger partial charge is 0.495 e. The number of hydrogen-bond donors (Lipinski definition) is 2. The summed E-state index contributed by atoms with van der Waals surface area (Å²) in [6, 6.07) is 5.23. The van der Waals surface area contributed by atoms with Crippen LogP contribution in [-0.4, -0.2) is 18.8 Å². The van der Waals surface area contributed by atoms with Crippen LogP contribution in [0.1, 0.15) is 12.5 Å². The minimum Gasteiger partial charge on any atom is -0.495 e. The molecule has 1 aromatic carbocycles. The van der Waals surface area contributed by atoms with E-state index in [1.54, 1.807) is 32.2 Å². The van der Waals surface area contributed by atoms with Crippen molar-refractivity contribution in [1.29, 1.82) is 0 Å². The Kier molecular flexibility index (Phi) is 3.37. The molecule has 0 unspecified atom stereocenters. The summed E-state index contributed by atoms with van der Waals surface area (Å²) in [5.41, 5.74) is 5.86. The second-order valence-corrected chi connectivity index (χ2v) is 3.83. The predicted molar refractivity (Wildman–Crippen MR) is 56.6 cm³/mol. The number of benzene rings is 1. The number of methoxy groups -OCH3 is 1. The summed E-state index contributed by atoms with van der Waals surface area (Å²) in [6.07, 6.45) is 0. The van der Waals surface area contributed by atoms with Gasteiger partial charge in [0.25, 0.3) is 0 Å². The fourth-order valence-electron chi connectivity index (χ4n) is 1.11. The van der Waals surface area contributed by atoms with E-state index in [1.165, 1.54) is 0 Å². The zero-order valence-electron chi connectivity index (χ0n) is 8.25. The van der Waals surface area contributed by atoms with Crippen LogP contribution in [0.3, 0.4) is 0 Å². The van der Waals surface area contributed by atoms with Crippen LogP contribution in [0, 0.1) is 0 Å². The van der Waals surface area contributed by atoms with Gasteiger partial charge in [-0.15, -0.1) is 0 Å². The van der Waals surface area contributed by atoms with E-state index < -0.39 is 5.54 Å². The van der Waals surface area contributed by atoms with Crippen LogP contribution in [0.15, 0.2) is 18.2 Å². The topological polar surface area (TPSA) is 55.5 Å². The van der Waals surface area contributed by atoms with E-state index in [0.717, 1.165) is 5.56 Å². The minimum atomic E-state index is -0.768. The third kappa shape index (κ3) is 2.18. The van der Waals surface area contributed by atoms with Crippen molar-refractivity contribution >= 4 is 11.6 Å². The molecular weight excluding hydrogens is 202 g/mol. The van der Waals surface area contributed by atoms with Gasteiger partial charge in [0.05, 0.1) is 24.3 Å². The lowest BCUT2D eigenvalue weighted by Crippen LogP contribution is -2.36. The quantitative estimate of drug-likeness (QED) is 0.804. The molecule has 0 spiro atoms. The molecule has 0 fully saturated rings. The highest BCUT2D eigenvalue weighted by molar-refractivity contribution is 6.32. The Bertz CT molecular complexity index is 326. The summed E-state index contributed by atoms with van der Waals surface area (Å²) >= 11 is 5.93. The number of halogens is 1. The second-order valence-electron chi connectivity index (χ2n) is 3.42. The molecule has 0 saturated carbocycles. The second kappa shape index (κ2) is 4.17. The van der Waals surface area contributed by atoms with E-state index in [9.17, 15) is 0 Å². The molecule has 1 rings (SSSR count). The molecule has 78 valence electrons. The maximum absolute atomic E-state index is 9.07. The Labute approximate surface area is 88.4 Å². The average molecular weight is 216 g/mol. The van der Waals surface area contributed by atoms with Gasteiger partial charge in [-0.05, 0) is 24.6 Å². The smallest absolute Gasteiger partial charge is 0.137 e. The van der Waals surface area contributed by atoms with Crippen LogP contribution in [0.2, 0.25) is 5.02 Å². The number of aliphatic hydroxyl groups excluding tert-OH is 1. The Balaban J connectivity index is 3.08. The van der Waals surface area contributed by atoms with Gasteiger partial charge in [-0.3, -0.25) is 0 Å². The van der Waals surface area contributed by atoms with Crippen molar-refractivity contribution in [2.24, 2.45) is 5.73 Å². The molecule has 3 N–H and O–H groups in total. The van der Waals surface area contributed by atoms with E-state index >= 15 is 0 Å². The van der Waals surface area contributed by atoms with Crippen LogP contribution in [-0.2, 0) is 5.54 Å². The highest BCUT2D eigenvalue weighted by atomic mass is 35.5. The standard InChI is InChI=1S/C10H14ClNO2/c1-10(12,6-13)7-3-4-9(14-2)8(11)5-7/h3-5,13H,6,12H2,1-2H3/t10-/m0/s1.